The van der Waals surface area contributed by atoms with Crippen LogP contribution in [-0.2, 0) is 11.3 Å². The lowest BCUT2D eigenvalue weighted by Gasteiger charge is -2.38. The monoisotopic (exact) mass is 449 g/mol. The molecule has 2 heterocycles. The van der Waals surface area contributed by atoms with Crippen molar-refractivity contribution in [2.24, 2.45) is 5.92 Å². The number of rotatable bonds is 8. The number of aromatic nitrogens is 1. The summed E-state index contributed by atoms with van der Waals surface area (Å²) in [6.45, 7) is 5.82. The van der Waals surface area contributed by atoms with E-state index in [4.69, 9.17) is 14.0 Å². The van der Waals surface area contributed by atoms with E-state index in [1.807, 2.05) is 54.6 Å². The fraction of sp³-hybridized carbons (Fsp3) is 0.320. The number of carbonyl (C=O) groups is 2. The number of nitrogens with zero attached hydrogens (tertiary/aromatic N) is 2. The van der Waals surface area contributed by atoms with Gasteiger partial charge in [-0.3, -0.25) is 4.79 Å². The van der Waals surface area contributed by atoms with Gasteiger partial charge in [-0.2, -0.15) is 0 Å². The highest BCUT2D eigenvalue weighted by atomic mass is 16.5. The fourth-order valence-corrected chi connectivity index (χ4v) is 3.32. The summed E-state index contributed by atoms with van der Waals surface area (Å²) in [6.07, 6.45) is -0.500. The summed E-state index contributed by atoms with van der Waals surface area (Å²) >= 11 is 0. The Morgan fingerprint density at radius 2 is 1.85 bits per heavy atom. The second kappa shape index (κ2) is 10.2. The van der Waals surface area contributed by atoms with Gasteiger partial charge in [0, 0.05) is 24.7 Å². The Morgan fingerprint density at radius 3 is 2.55 bits per heavy atom. The molecule has 8 nitrogen and oxygen atoms in total. The Bertz CT molecular complexity index is 1070. The number of carbonyl (C=O) groups excluding carboxylic acids is 2. The maximum absolute atomic E-state index is 12.7. The molecule has 4 rings (SSSR count). The number of nitrogens with one attached hydrogen (secondary N) is 1. The number of ether oxygens (including phenoxy) is 2. The zero-order valence-electron chi connectivity index (χ0n) is 18.7. The number of alkyl carbamates (subject to hydrolysis) is 1. The van der Waals surface area contributed by atoms with Crippen LogP contribution in [0.2, 0.25) is 0 Å². The molecule has 1 saturated heterocycles. The third-order valence-corrected chi connectivity index (χ3v) is 5.15. The van der Waals surface area contributed by atoms with Crippen molar-refractivity contribution in [3.05, 3.63) is 71.9 Å². The van der Waals surface area contributed by atoms with Crippen LogP contribution in [0.5, 0.6) is 5.75 Å². The van der Waals surface area contributed by atoms with Crippen molar-refractivity contribution >= 4 is 12.0 Å². The summed E-state index contributed by atoms with van der Waals surface area (Å²) in [5, 5.41) is 6.68. The molecule has 0 aliphatic carbocycles. The Labute approximate surface area is 192 Å². The largest absolute Gasteiger partial charge is 0.493 e. The molecule has 2 aromatic carbocycles. The second-order valence-corrected chi connectivity index (χ2v) is 8.42. The van der Waals surface area contributed by atoms with Gasteiger partial charge in [0.2, 0.25) is 0 Å². The second-order valence-electron chi connectivity index (χ2n) is 8.42. The molecule has 1 N–H and O–H groups in total. The van der Waals surface area contributed by atoms with Gasteiger partial charge >= 0.3 is 6.09 Å². The van der Waals surface area contributed by atoms with E-state index < -0.39 is 6.09 Å². The number of likely N-dealkylation sites (tertiary alicyclic amines) is 1. The molecule has 172 valence electrons. The molecule has 1 aromatic heterocycles. The first-order valence-electron chi connectivity index (χ1n) is 10.9. The average Bonchev–Trinajstić information content (AvgIpc) is 3.29. The van der Waals surface area contributed by atoms with Crippen molar-refractivity contribution < 1.29 is 23.6 Å². The zero-order chi connectivity index (χ0) is 23.2. The van der Waals surface area contributed by atoms with Crippen molar-refractivity contribution in [1.82, 2.24) is 15.4 Å². The van der Waals surface area contributed by atoms with Crippen LogP contribution in [0.3, 0.4) is 0 Å². The van der Waals surface area contributed by atoms with Gasteiger partial charge in [-0.15, -0.1) is 0 Å². The smallest absolute Gasteiger partial charge is 0.407 e. The molecule has 1 aliphatic rings. The van der Waals surface area contributed by atoms with Gasteiger partial charge in [0.1, 0.15) is 12.4 Å². The number of hydrogen-bond donors (Lipinski definition) is 1. The molecule has 1 fully saturated rings. The molecule has 33 heavy (non-hydrogen) atoms. The van der Waals surface area contributed by atoms with Crippen LogP contribution >= 0.6 is 0 Å². The maximum atomic E-state index is 12.7. The lowest BCUT2D eigenvalue weighted by molar-refractivity contribution is 0.0535. The minimum absolute atomic E-state index is 0.151. The molecule has 1 aliphatic heterocycles. The molecule has 0 atom stereocenters. The lowest BCUT2D eigenvalue weighted by atomic mass is 10.1. The van der Waals surface area contributed by atoms with E-state index in [-0.39, 0.29) is 24.2 Å². The van der Waals surface area contributed by atoms with E-state index in [0.717, 1.165) is 16.9 Å². The van der Waals surface area contributed by atoms with Crippen LogP contribution < -0.4 is 10.1 Å². The highest BCUT2D eigenvalue weighted by Gasteiger charge is 2.34. The fourth-order valence-electron chi connectivity index (χ4n) is 3.32. The molecule has 0 radical (unpaired) electrons. The summed E-state index contributed by atoms with van der Waals surface area (Å²) in [6, 6.07) is 18.4. The Morgan fingerprint density at radius 1 is 1.12 bits per heavy atom. The van der Waals surface area contributed by atoms with Gasteiger partial charge in [0.05, 0.1) is 12.6 Å². The predicted molar refractivity (Wildman–Crippen MR) is 122 cm³/mol. The van der Waals surface area contributed by atoms with Gasteiger partial charge in [-0.1, -0.05) is 49.3 Å². The third-order valence-electron chi connectivity index (χ3n) is 5.15. The van der Waals surface area contributed by atoms with Crippen LogP contribution in [0.25, 0.3) is 11.3 Å². The minimum Gasteiger partial charge on any atom is -0.493 e. The Kier molecular flexibility index (Phi) is 6.92. The topological polar surface area (TPSA) is 93.9 Å². The average molecular weight is 450 g/mol. The molecule has 0 spiro atoms. The van der Waals surface area contributed by atoms with Crippen LogP contribution in [0, 0.1) is 5.92 Å². The number of amides is 2. The quantitative estimate of drug-likeness (QED) is 0.556. The molecule has 0 bridgehead atoms. The van der Waals surface area contributed by atoms with E-state index in [1.165, 1.54) is 0 Å². The first-order chi connectivity index (χ1) is 16.0. The van der Waals surface area contributed by atoms with Crippen molar-refractivity contribution in [2.75, 3.05) is 19.7 Å². The van der Waals surface area contributed by atoms with E-state index >= 15 is 0 Å². The van der Waals surface area contributed by atoms with Crippen LogP contribution in [0.1, 0.15) is 29.9 Å². The van der Waals surface area contributed by atoms with Crippen LogP contribution in [0.4, 0.5) is 4.79 Å². The number of benzene rings is 2. The highest BCUT2D eigenvalue weighted by Crippen LogP contribution is 2.24. The summed E-state index contributed by atoms with van der Waals surface area (Å²) in [7, 11) is 0. The van der Waals surface area contributed by atoms with Gasteiger partial charge < -0.3 is 24.2 Å². The predicted octanol–water partition coefficient (Wildman–Crippen LogP) is 4.13. The molecule has 0 unspecified atom stereocenters. The van der Waals surface area contributed by atoms with Gasteiger partial charge in [0.25, 0.3) is 5.91 Å². The van der Waals surface area contributed by atoms with Crippen molar-refractivity contribution in [2.45, 2.75) is 26.5 Å². The standard InChI is InChI=1S/C25H27N3O5/c1-17(2)15-31-21-10-8-19(9-11-21)23-12-22(27-33-23)24(29)28-13-20(14-28)26-25(30)32-16-18-6-4-3-5-7-18/h3-12,17,20H,13-16H2,1-2H3,(H,26,30). The van der Waals surface area contributed by atoms with E-state index in [1.54, 1.807) is 11.0 Å². The van der Waals surface area contributed by atoms with Gasteiger partial charge in [0.15, 0.2) is 11.5 Å². The normalized spacial score (nSPS) is 13.5. The first kappa shape index (κ1) is 22.4. The van der Waals surface area contributed by atoms with Crippen molar-refractivity contribution in [3.8, 4) is 17.1 Å². The van der Waals surface area contributed by atoms with Gasteiger partial charge in [-0.25, -0.2) is 4.79 Å². The Hall–Kier alpha value is -3.81. The summed E-state index contributed by atoms with van der Waals surface area (Å²) in [4.78, 5) is 26.2. The van der Waals surface area contributed by atoms with E-state index in [0.29, 0.717) is 31.4 Å². The summed E-state index contributed by atoms with van der Waals surface area (Å²) in [5.41, 5.74) is 1.95. The minimum atomic E-state index is -0.500. The van der Waals surface area contributed by atoms with Crippen LogP contribution in [0.15, 0.2) is 65.2 Å². The SMILES string of the molecule is CC(C)COc1ccc(-c2cc(C(=O)N3CC(NC(=O)OCc4ccccc4)C3)no2)cc1. The van der Waals surface area contributed by atoms with Crippen molar-refractivity contribution in [1.29, 1.82) is 0 Å². The molecule has 2 amide bonds. The third kappa shape index (κ3) is 5.91. The molecule has 8 heteroatoms. The molecular formula is C25H27N3O5. The Balaban J connectivity index is 1.23. The zero-order valence-corrected chi connectivity index (χ0v) is 18.7. The maximum Gasteiger partial charge on any atom is 0.407 e. The molecule has 3 aromatic rings. The summed E-state index contributed by atoms with van der Waals surface area (Å²) < 4.78 is 16.3. The van der Waals surface area contributed by atoms with E-state index in [2.05, 4.69) is 24.3 Å². The van der Waals surface area contributed by atoms with Gasteiger partial charge in [-0.05, 0) is 35.7 Å². The summed E-state index contributed by atoms with van der Waals surface area (Å²) in [5.74, 6) is 1.50. The highest BCUT2D eigenvalue weighted by molar-refractivity contribution is 5.93. The number of hydrogen-bond acceptors (Lipinski definition) is 6. The first-order valence-corrected chi connectivity index (χ1v) is 10.9. The molecular weight excluding hydrogens is 422 g/mol. The van der Waals surface area contributed by atoms with Crippen molar-refractivity contribution in [3.63, 3.8) is 0 Å². The van der Waals surface area contributed by atoms with Crippen LogP contribution in [-0.4, -0.2) is 47.8 Å². The van der Waals surface area contributed by atoms with E-state index in [9.17, 15) is 9.59 Å². The lowest BCUT2D eigenvalue weighted by Crippen LogP contribution is -2.61. The molecule has 0 saturated carbocycles.